The number of hydrogen-bond acceptors (Lipinski definition) is 14. The normalized spacial score (nSPS) is 19.1. The summed E-state index contributed by atoms with van der Waals surface area (Å²) in [6, 6.07) is 0. The predicted octanol–water partition coefficient (Wildman–Crippen LogP) is 12.4. The molecule has 4 fully saturated rings. The van der Waals surface area contributed by atoms with Crippen molar-refractivity contribution in [2.75, 3.05) is 65.9 Å². The van der Waals surface area contributed by atoms with Crippen LogP contribution in [0.2, 0.25) is 0 Å². The van der Waals surface area contributed by atoms with E-state index in [0.29, 0.717) is 76.4 Å². The molecule has 0 aliphatic heterocycles. The van der Waals surface area contributed by atoms with Crippen LogP contribution in [0.15, 0.2) is 0 Å². The molecule has 0 saturated heterocycles. The van der Waals surface area contributed by atoms with Crippen LogP contribution in [-0.4, -0.2) is 107 Å². The van der Waals surface area contributed by atoms with E-state index in [-0.39, 0.29) is 75.9 Å². The quantitative estimate of drug-likeness (QED) is 0.0321. The van der Waals surface area contributed by atoms with Crippen molar-refractivity contribution in [3.63, 3.8) is 0 Å². The summed E-state index contributed by atoms with van der Waals surface area (Å²) in [4.78, 5) is 80.0. The van der Waals surface area contributed by atoms with Gasteiger partial charge in [-0.15, -0.1) is 0 Å². The molecule has 0 spiro atoms. The summed E-state index contributed by atoms with van der Waals surface area (Å²) in [5.41, 5.74) is -1.41. The molecule has 0 aromatic carbocycles. The van der Waals surface area contributed by atoms with E-state index in [4.69, 9.17) is 33.2 Å². The van der Waals surface area contributed by atoms with Gasteiger partial charge in [0.2, 0.25) is 0 Å². The number of carbonyl (C=O) groups excluding carboxylic acids is 6. The number of hydrogen-bond donors (Lipinski definition) is 0. The van der Waals surface area contributed by atoms with Crippen LogP contribution in [-0.2, 0) is 57.1 Å². The summed E-state index contributed by atoms with van der Waals surface area (Å²) in [5.74, 6) is 0.976. The van der Waals surface area contributed by atoms with E-state index in [2.05, 4.69) is 32.6 Å². The third kappa shape index (κ3) is 28.0. The smallest absolute Gasteiger partial charge is 0.466 e. The van der Waals surface area contributed by atoms with Crippen LogP contribution in [0.5, 0.6) is 0 Å². The Hall–Kier alpha value is -3.42. The molecule has 4 aliphatic rings. The van der Waals surface area contributed by atoms with E-state index in [1.807, 2.05) is 0 Å². The summed E-state index contributed by atoms with van der Waals surface area (Å²) in [5, 5.41) is 0. The Kier molecular flexibility index (Phi) is 33.3. The van der Waals surface area contributed by atoms with Gasteiger partial charge in [0.1, 0.15) is 31.8 Å². The molecule has 14 heteroatoms. The summed E-state index contributed by atoms with van der Waals surface area (Å²) >= 11 is 0. The van der Waals surface area contributed by atoms with Crippen LogP contribution >= 0.6 is 0 Å². The number of rotatable bonds is 44. The minimum atomic E-state index is -1.41. The second kappa shape index (κ2) is 38.2. The van der Waals surface area contributed by atoms with Crippen molar-refractivity contribution in [2.24, 2.45) is 35.0 Å². The fourth-order valence-electron chi connectivity index (χ4n) is 11.0. The number of ether oxygens (including phenoxy) is 7. The first-order chi connectivity index (χ1) is 34.5. The van der Waals surface area contributed by atoms with Gasteiger partial charge >= 0.3 is 36.0 Å². The highest BCUT2D eigenvalue weighted by atomic mass is 16.7. The first kappa shape index (κ1) is 61.9. The minimum Gasteiger partial charge on any atom is -0.466 e. The Morgan fingerprint density at radius 1 is 0.394 bits per heavy atom. The van der Waals surface area contributed by atoms with Crippen molar-refractivity contribution >= 4 is 36.0 Å². The fourth-order valence-corrected chi connectivity index (χ4v) is 11.0. The number of unbranched alkanes of at least 4 members (excludes halogenated alkanes) is 16. The van der Waals surface area contributed by atoms with Crippen LogP contribution in [0.4, 0.5) is 4.79 Å². The Bertz CT molecular complexity index is 1400. The molecule has 0 aromatic rings. The summed E-state index contributed by atoms with van der Waals surface area (Å²) < 4.78 is 39.5. The molecule has 0 aromatic heterocycles. The third-order valence-corrected chi connectivity index (χ3v) is 15.2. The number of carbonyl (C=O) groups is 6. The minimum absolute atomic E-state index is 0.0806. The highest BCUT2D eigenvalue weighted by molar-refractivity contribution is 5.71. The van der Waals surface area contributed by atoms with Crippen LogP contribution in [0, 0.1) is 35.0 Å². The Morgan fingerprint density at radius 2 is 0.761 bits per heavy atom. The van der Waals surface area contributed by atoms with E-state index >= 15 is 0 Å². The van der Waals surface area contributed by atoms with Crippen molar-refractivity contribution in [3.8, 4) is 0 Å². The van der Waals surface area contributed by atoms with Crippen molar-refractivity contribution in [1.82, 2.24) is 4.90 Å². The molecular formula is C57H99NO13. The van der Waals surface area contributed by atoms with E-state index < -0.39 is 30.1 Å². The first-order valence-corrected chi connectivity index (χ1v) is 28.8. The SMILES string of the molecule is CCCCCCCCCOC(=O)CCCCCC(=O)OCC(COC(=O)CCCCCC(=O)OCCCCCCCCC)(COC(=O)CC1C2CC3CC(C2)CC1C3)COC(=O)OCCCN(CC)CC. The highest BCUT2D eigenvalue weighted by Gasteiger charge is 2.49. The van der Waals surface area contributed by atoms with Gasteiger partial charge < -0.3 is 38.1 Å². The topological polar surface area (TPSA) is 170 Å². The molecule has 4 saturated carbocycles. The van der Waals surface area contributed by atoms with E-state index in [0.717, 1.165) is 70.0 Å². The predicted molar refractivity (Wildman–Crippen MR) is 274 cm³/mol. The van der Waals surface area contributed by atoms with Gasteiger partial charge in [0, 0.05) is 38.6 Å². The van der Waals surface area contributed by atoms with E-state index in [1.165, 1.54) is 83.5 Å². The number of esters is 5. The molecule has 14 nitrogen and oxygen atoms in total. The lowest BCUT2D eigenvalue weighted by atomic mass is 9.51. The average molecular weight is 1010 g/mol. The molecule has 0 amide bonds. The summed E-state index contributed by atoms with van der Waals surface area (Å²) in [6.45, 7) is 10.7. The summed E-state index contributed by atoms with van der Waals surface area (Å²) in [6.07, 6.45) is 26.1. The van der Waals surface area contributed by atoms with Crippen molar-refractivity contribution < 1.29 is 61.9 Å². The molecule has 0 heterocycles. The molecule has 4 bridgehead atoms. The van der Waals surface area contributed by atoms with Gasteiger partial charge in [-0.3, -0.25) is 24.0 Å². The van der Waals surface area contributed by atoms with Gasteiger partial charge in [-0.05, 0) is 120 Å². The molecule has 71 heavy (non-hydrogen) atoms. The molecule has 4 aliphatic carbocycles. The Morgan fingerprint density at radius 3 is 1.20 bits per heavy atom. The van der Waals surface area contributed by atoms with Gasteiger partial charge in [-0.1, -0.05) is 118 Å². The monoisotopic (exact) mass is 1010 g/mol. The van der Waals surface area contributed by atoms with Gasteiger partial charge in [-0.25, -0.2) is 4.79 Å². The highest BCUT2D eigenvalue weighted by Crippen LogP contribution is 2.57. The van der Waals surface area contributed by atoms with Crippen LogP contribution in [0.1, 0.15) is 227 Å². The van der Waals surface area contributed by atoms with E-state index in [9.17, 15) is 28.8 Å². The maximum Gasteiger partial charge on any atom is 0.508 e. The lowest BCUT2D eigenvalue weighted by molar-refractivity contribution is -0.167. The number of nitrogens with zero attached hydrogens (tertiary/aromatic N) is 1. The molecule has 0 N–H and O–H groups in total. The lowest BCUT2D eigenvalue weighted by Gasteiger charge is -2.54. The van der Waals surface area contributed by atoms with Crippen LogP contribution in [0.25, 0.3) is 0 Å². The second-order valence-electron chi connectivity index (χ2n) is 21.4. The third-order valence-electron chi connectivity index (χ3n) is 15.2. The van der Waals surface area contributed by atoms with Crippen LogP contribution in [0.3, 0.4) is 0 Å². The standard InChI is InChI=1S/C57H99NO13/c1-5-9-11-13-15-17-25-33-65-51(59)28-21-19-23-30-53(61)68-42-57(45-71-56(64)67-35-27-32-58(7-3)8-4,44-70-55(63)41-50-48-37-46-36-47(39-48)40-49(50)38-46)43-69-54(62)31-24-20-22-29-52(60)66-34-26-18-16-14-12-10-6-2/h46-50H,5-45H2,1-4H3. The van der Waals surface area contributed by atoms with Crippen molar-refractivity contribution in [3.05, 3.63) is 0 Å². The molecule has 0 radical (unpaired) electrons. The molecule has 4 rings (SSSR count). The lowest BCUT2D eigenvalue weighted by Crippen LogP contribution is -2.46. The maximum atomic E-state index is 13.7. The fraction of sp³-hybridized carbons (Fsp3) is 0.895. The zero-order chi connectivity index (χ0) is 51.4. The first-order valence-electron chi connectivity index (χ1n) is 28.8. The van der Waals surface area contributed by atoms with Crippen LogP contribution < -0.4 is 0 Å². The zero-order valence-corrected chi connectivity index (χ0v) is 45.1. The largest absolute Gasteiger partial charge is 0.508 e. The van der Waals surface area contributed by atoms with Gasteiger partial charge in [0.05, 0.1) is 19.8 Å². The average Bonchev–Trinajstić information content (AvgIpc) is 3.35. The summed E-state index contributed by atoms with van der Waals surface area (Å²) in [7, 11) is 0. The van der Waals surface area contributed by atoms with E-state index in [1.54, 1.807) is 0 Å². The maximum absolute atomic E-state index is 13.7. The van der Waals surface area contributed by atoms with Gasteiger partial charge in [-0.2, -0.15) is 0 Å². The Balaban J connectivity index is 1.56. The molecular weight excluding hydrogens is 907 g/mol. The Labute approximate surface area is 429 Å². The molecule has 0 atom stereocenters. The van der Waals surface area contributed by atoms with Crippen molar-refractivity contribution in [1.29, 1.82) is 0 Å². The van der Waals surface area contributed by atoms with Gasteiger partial charge in [0.25, 0.3) is 0 Å². The molecule has 0 unspecified atom stereocenters. The molecule has 410 valence electrons. The zero-order valence-electron chi connectivity index (χ0n) is 45.1. The van der Waals surface area contributed by atoms with Gasteiger partial charge in [0.15, 0.2) is 0 Å². The second-order valence-corrected chi connectivity index (χ2v) is 21.4. The van der Waals surface area contributed by atoms with Crippen molar-refractivity contribution in [2.45, 2.75) is 227 Å².